The first-order valence-corrected chi connectivity index (χ1v) is 13.6. The first-order chi connectivity index (χ1) is 20.3. The molecule has 0 atom stereocenters. The number of hydrogen-bond acceptors (Lipinski definition) is 0. The van der Waals surface area contributed by atoms with Gasteiger partial charge in [-0.3, -0.25) is 0 Å². The minimum Gasteiger partial charge on any atom is -0.372 e. The van der Waals surface area contributed by atoms with Crippen LogP contribution < -0.4 is 0 Å². The molecule has 0 bridgehead atoms. The summed E-state index contributed by atoms with van der Waals surface area (Å²) in [4.78, 5) is 0. The summed E-state index contributed by atoms with van der Waals surface area (Å²) in [5.74, 6) is 0. The van der Waals surface area contributed by atoms with Crippen LogP contribution in [0.4, 0.5) is 26.3 Å². The molecule has 0 fully saturated rings. The standard InChI is InChI=1S/2C17H12F3.C3H6.2ClH.Hf/c2*1-11-9-13-3-2-4-15(16(13)10-11)12-5-7-14(8-6-12)17(18,19)20;1-3-2;;;/h2*2-10H,1H3;1-3H2;2*1H;/q2*-1;-2;;;+4. The summed E-state index contributed by atoms with van der Waals surface area (Å²) in [6.07, 6.45) is -7.83. The Kier molecular flexibility index (Phi) is 15.5. The number of fused-ring (bicyclic) bond motifs is 2. The molecule has 6 aromatic carbocycles. The second-order valence-corrected chi connectivity index (χ2v) is 10.2. The third-order valence-corrected chi connectivity index (χ3v) is 6.84. The van der Waals surface area contributed by atoms with Crippen molar-refractivity contribution in [3.8, 4) is 22.3 Å². The van der Waals surface area contributed by atoms with Gasteiger partial charge in [0, 0.05) is 0 Å². The van der Waals surface area contributed by atoms with Crippen molar-refractivity contribution >= 4 is 46.4 Å². The Bertz CT molecular complexity index is 1660. The fourth-order valence-corrected chi connectivity index (χ4v) is 4.95. The van der Waals surface area contributed by atoms with E-state index < -0.39 is 23.5 Å². The van der Waals surface area contributed by atoms with E-state index in [4.69, 9.17) is 0 Å². The predicted molar refractivity (Wildman–Crippen MR) is 179 cm³/mol. The number of aryl methyl sites for hydroxylation is 2. The van der Waals surface area contributed by atoms with Crippen LogP contribution in [-0.4, -0.2) is 0 Å². The van der Waals surface area contributed by atoms with Crippen molar-refractivity contribution in [1.82, 2.24) is 0 Å². The molecule has 9 heteroatoms. The molecule has 0 aliphatic carbocycles. The molecule has 0 spiro atoms. The monoisotopic (exact) mass is 840 g/mol. The van der Waals surface area contributed by atoms with Gasteiger partial charge in [0.2, 0.25) is 0 Å². The molecule has 0 saturated heterocycles. The van der Waals surface area contributed by atoms with Gasteiger partial charge in [-0.15, -0.1) is 93.9 Å². The molecule has 0 unspecified atom stereocenters. The van der Waals surface area contributed by atoms with Gasteiger partial charge in [0.15, 0.2) is 0 Å². The topological polar surface area (TPSA) is 0 Å². The van der Waals surface area contributed by atoms with Crippen LogP contribution in [0.1, 0.15) is 28.7 Å². The Morgan fingerprint density at radius 3 is 1.13 bits per heavy atom. The van der Waals surface area contributed by atoms with E-state index in [2.05, 4.69) is 38.1 Å². The van der Waals surface area contributed by atoms with Gasteiger partial charge in [-0.25, -0.2) is 0 Å². The first kappa shape index (κ1) is 41.2. The van der Waals surface area contributed by atoms with Gasteiger partial charge in [-0.2, -0.15) is 38.5 Å². The van der Waals surface area contributed by atoms with E-state index in [1.165, 1.54) is 24.3 Å². The maximum atomic E-state index is 12.6. The van der Waals surface area contributed by atoms with Gasteiger partial charge in [0.1, 0.15) is 0 Å². The quantitative estimate of drug-likeness (QED) is 0.0926. The number of alkyl halides is 6. The fourth-order valence-electron chi connectivity index (χ4n) is 4.95. The Morgan fingerprint density at radius 2 is 0.848 bits per heavy atom. The number of hydrogen-bond donors (Lipinski definition) is 0. The molecule has 0 radical (unpaired) electrons. The van der Waals surface area contributed by atoms with Crippen LogP contribution in [0.15, 0.2) is 109 Å². The van der Waals surface area contributed by atoms with Gasteiger partial charge in [-0.05, 0) is 35.4 Å². The van der Waals surface area contributed by atoms with Crippen molar-refractivity contribution in [2.45, 2.75) is 32.6 Å². The Balaban J connectivity index is 0.000000400. The zero-order valence-corrected chi connectivity index (χ0v) is 30.3. The third kappa shape index (κ3) is 10.1. The molecular weight excluding hydrogens is 808 g/mol. The minimum absolute atomic E-state index is 0. The summed E-state index contributed by atoms with van der Waals surface area (Å²) in [5, 5.41) is 4.37. The molecule has 0 aromatic heterocycles. The van der Waals surface area contributed by atoms with Crippen molar-refractivity contribution in [3.63, 3.8) is 0 Å². The molecule has 6 rings (SSSR count). The second kappa shape index (κ2) is 17.3. The average Bonchev–Trinajstić information content (AvgIpc) is 3.53. The predicted octanol–water partition coefficient (Wildman–Crippen LogP) is 13.0. The minimum atomic E-state index is -4.29. The Labute approximate surface area is 297 Å². The van der Waals surface area contributed by atoms with E-state index in [1.807, 2.05) is 50.2 Å². The molecule has 46 heavy (non-hydrogen) atoms. The van der Waals surface area contributed by atoms with Crippen molar-refractivity contribution in [2.75, 3.05) is 0 Å². The number of benzene rings is 4. The van der Waals surface area contributed by atoms with Gasteiger partial charge in [0.25, 0.3) is 0 Å². The van der Waals surface area contributed by atoms with Crippen molar-refractivity contribution < 1.29 is 52.2 Å². The molecular formula is C37H32Cl2F6Hf. The molecule has 0 N–H and O–H groups in total. The smallest absolute Gasteiger partial charge is 0.372 e. The molecule has 0 saturated carbocycles. The van der Waals surface area contributed by atoms with E-state index in [1.54, 1.807) is 0 Å². The van der Waals surface area contributed by atoms with Gasteiger partial charge >= 0.3 is 38.2 Å². The summed E-state index contributed by atoms with van der Waals surface area (Å²) >= 11 is 0. The molecule has 6 aromatic rings. The largest absolute Gasteiger partial charge is 4.00 e. The summed E-state index contributed by atoms with van der Waals surface area (Å²) in [5.41, 5.74) is 4.59. The van der Waals surface area contributed by atoms with Crippen molar-refractivity contribution in [2.24, 2.45) is 0 Å². The zero-order chi connectivity index (χ0) is 31.4. The normalized spacial score (nSPS) is 10.8. The number of halogens is 8. The van der Waals surface area contributed by atoms with Crippen LogP contribution in [-0.2, 0) is 38.2 Å². The van der Waals surface area contributed by atoms with E-state index >= 15 is 0 Å². The van der Waals surface area contributed by atoms with Crippen molar-refractivity contribution in [1.29, 1.82) is 0 Å². The molecule has 0 heterocycles. The second-order valence-electron chi connectivity index (χ2n) is 10.2. The van der Waals surface area contributed by atoms with Crippen LogP contribution in [0.5, 0.6) is 0 Å². The maximum absolute atomic E-state index is 12.6. The fraction of sp³-hybridized carbons (Fsp3) is 0.135. The first-order valence-electron chi connectivity index (χ1n) is 13.6. The zero-order valence-electron chi connectivity index (χ0n) is 25.1. The van der Waals surface area contributed by atoms with Crippen LogP contribution in [0.2, 0.25) is 0 Å². The SMILES string of the molecule is Cc1cc2c(-c3ccc(C(F)(F)F)cc3)cccc2[cH-]1.Cc1cc2c(-c3ccc(C(F)(F)F)cc3)cccc2[cH-]1.Cl.Cl.[CH2-]C[CH2-].[Hf+4]. The summed E-state index contributed by atoms with van der Waals surface area (Å²) in [6.45, 7) is 10.8. The van der Waals surface area contributed by atoms with E-state index in [0.717, 1.165) is 85.6 Å². The van der Waals surface area contributed by atoms with Crippen molar-refractivity contribution in [3.05, 3.63) is 145 Å². The Hall–Kier alpha value is -2.87. The van der Waals surface area contributed by atoms with Gasteiger partial charge in [0.05, 0.1) is 11.1 Å². The summed E-state index contributed by atoms with van der Waals surface area (Å²) < 4.78 is 75.5. The molecule has 0 aliphatic heterocycles. The summed E-state index contributed by atoms with van der Waals surface area (Å²) in [6, 6.07) is 30.6. The third-order valence-electron chi connectivity index (χ3n) is 6.84. The Morgan fingerprint density at radius 1 is 0.543 bits per heavy atom. The van der Waals surface area contributed by atoms with E-state index in [9.17, 15) is 26.3 Å². The maximum Gasteiger partial charge on any atom is 4.00 e. The van der Waals surface area contributed by atoms with Crippen LogP contribution in [0.25, 0.3) is 43.8 Å². The molecule has 0 nitrogen and oxygen atoms in total. The van der Waals surface area contributed by atoms with Crippen LogP contribution >= 0.6 is 24.8 Å². The van der Waals surface area contributed by atoms with E-state index in [-0.39, 0.29) is 50.7 Å². The van der Waals surface area contributed by atoms with E-state index in [0.29, 0.717) is 0 Å². The molecule has 240 valence electrons. The van der Waals surface area contributed by atoms with Gasteiger partial charge < -0.3 is 20.3 Å². The summed E-state index contributed by atoms with van der Waals surface area (Å²) in [7, 11) is 0. The van der Waals surface area contributed by atoms with Crippen LogP contribution in [0.3, 0.4) is 0 Å². The van der Waals surface area contributed by atoms with Crippen LogP contribution in [0, 0.1) is 27.7 Å². The molecule has 0 amide bonds. The average molecular weight is 840 g/mol. The molecule has 0 aliphatic rings. The van der Waals surface area contributed by atoms with Gasteiger partial charge in [-0.1, -0.05) is 61.4 Å². The number of rotatable bonds is 2.